The smallest absolute Gasteiger partial charge is 0.134 e. The number of hydrogen-bond acceptors (Lipinski definition) is 3. The molecule has 0 aliphatic rings. The first-order chi connectivity index (χ1) is 9.78. The second kappa shape index (κ2) is 5.35. The summed E-state index contributed by atoms with van der Waals surface area (Å²) in [5.74, 6) is 0.336. The lowest BCUT2D eigenvalue weighted by Gasteiger charge is -2.06. The first kappa shape index (κ1) is 12.7. The lowest BCUT2D eigenvalue weighted by Crippen LogP contribution is -1.99. The lowest BCUT2D eigenvalue weighted by atomic mass is 10.1. The van der Waals surface area contributed by atoms with Crippen LogP contribution in [-0.2, 0) is 13.2 Å². The average molecular weight is 271 g/mol. The molecule has 20 heavy (non-hydrogen) atoms. The summed E-state index contributed by atoms with van der Waals surface area (Å²) in [6.07, 6.45) is 1.67. The van der Waals surface area contributed by atoms with Gasteiger partial charge in [0.25, 0.3) is 0 Å². The third kappa shape index (κ3) is 2.38. The maximum absolute atomic E-state index is 12.8. The molecule has 0 fully saturated rings. The molecule has 2 N–H and O–H groups in total. The Bertz CT molecular complexity index is 719. The molecule has 3 aromatic rings. The van der Waals surface area contributed by atoms with Crippen LogP contribution < -0.4 is 10.5 Å². The van der Waals surface area contributed by atoms with Crippen molar-refractivity contribution in [3.05, 3.63) is 65.7 Å². The van der Waals surface area contributed by atoms with Gasteiger partial charge in [-0.3, -0.25) is 0 Å². The molecule has 0 aliphatic heterocycles. The van der Waals surface area contributed by atoms with E-state index in [0.29, 0.717) is 18.9 Å². The lowest BCUT2D eigenvalue weighted by molar-refractivity contribution is 0.305. The molecule has 0 spiro atoms. The Morgan fingerprint density at radius 1 is 1.05 bits per heavy atom. The highest BCUT2D eigenvalue weighted by Gasteiger charge is 2.10. The number of ether oxygens (including phenoxy) is 1. The summed E-state index contributed by atoms with van der Waals surface area (Å²) in [5, 5.41) is 0.997. The minimum absolute atomic E-state index is 0.281. The zero-order valence-electron chi connectivity index (χ0n) is 10.8. The second-order valence-corrected chi connectivity index (χ2v) is 4.50. The molecule has 3 nitrogen and oxygen atoms in total. The van der Waals surface area contributed by atoms with Crippen molar-refractivity contribution in [2.24, 2.45) is 5.73 Å². The highest BCUT2D eigenvalue weighted by atomic mass is 19.1. The van der Waals surface area contributed by atoms with E-state index in [1.807, 2.05) is 18.2 Å². The Labute approximate surface area is 115 Å². The normalized spacial score (nSPS) is 10.9. The van der Waals surface area contributed by atoms with Crippen LogP contribution >= 0.6 is 0 Å². The molecule has 0 aliphatic carbocycles. The molecule has 2 aromatic carbocycles. The molecule has 0 bridgehead atoms. The molecule has 0 saturated carbocycles. The largest absolute Gasteiger partial charge is 0.489 e. The van der Waals surface area contributed by atoms with Crippen LogP contribution in [0.15, 0.2) is 53.1 Å². The summed E-state index contributed by atoms with van der Waals surface area (Å²) < 4.78 is 24.0. The third-order valence-electron chi connectivity index (χ3n) is 3.19. The second-order valence-electron chi connectivity index (χ2n) is 4.50. The summed E-state index contributed by atoms with van der Waals surface area (Å²) in [5.41, 5.74) is 8.50. The standard InChI is InChI=1S/C16H14FNO2/c17-13-4-6-14(7-5-13)19-9-12-10-20-15-3-1-2-11(8-18)16(12)15/h1-7,10H,8-9,18H2. The molecule has 1 aromatic heterocycles. The minimum atomic E-state index is -0.281. The van der Waals surface area contributed by atoms with Crippen LogP contribution in [0.4, 0.5) is 4.39 Å². The van der Waals surface area contributed by atoms with Gasteiger partial charge in [-0.1, -0.05) is 12.1 Å². The summed E-state index contributed by atoms with van der Waals surface area (Å²) in [7, 11) is 0. The van der Waals surface area contributed by atoms with E-state index < -0.39 is 0 Å². The fourth-order valence-corrected chi connectivity index (χ4v) is 2.20. The minimum Gasteiger partial charge on any atom is -0.489 e. The van der Waals surface area contributed by atoms with Crippen molar-refractivity contribution in [1.29, 1.82) is 0 Å². The summed E-state index contributed by atoms with van der Waals surface area (Å²) in [6, 6.07) is 11.7. The highest BCUT2D eigenvalue weighted by molar-refractivity contribution is 5.84. The maximum atomic E-state index is 12.8. The average Bonchev–Trinajstić information content (AvgIpc) is 2.90. The zero-order valence-corrected chi connectivity index (χ0v) is 10.8. The summed E-state index contributed by atoms with van der Waals surface area (Å²) in [6.45, 7) is 0.802. The van der Waals surface area contributed by atoms with Crippen molar-refractivity contribution in [3.8, 4) is 5.75 Å². The molecular formula is C16H14FNO2. The van der Waals surface area contributed by atoms with Gasteiger partial charge in [-0.15, -0.1) is 0 Å². The van der Waals surface area contributed by atoms with E-state index in [4.69, 9.17) is 14.9 Å². The number of fused-ring (bicyclic) bond motifs is 1. The zero-order chi connectivity index (χ0) is 13.9. The van der Waals surface area contributed by atoms with Gasteiger partial charge in [0.1, 0.15) is 23.8 Å². The molecule has 0 amide bonds. The van der Waals surface area contributed by atoms with Gasteiger partial charge in [-0.2, -0.15) is 0 Å². The van der Waals surface area contributed by atoms with E-state index in [0.717, 1.165) is 22.1 Å². The van der Waals surface area contributed by atoms with Gasteiger partial charge in [0, 0.05) is 17.5 Å². The van der Waals surface area contributed by atoms with Crippen LogP contribution in [0.3, 0.4) is 0 Å². The molecule has 102 valence electrons. The van der Waals surface area contributed by atoms with Crippen molar-refractivity contribution in [1.82, 2.24) is 0 Å². The van der Waals surface area contributed by atoms with Crippen LogP contribution in [0.5, 0.6) is 5.75 Å². The number of furan rings is 1. The van der Waals surface area contributed by atoms with Crippen LogP contribution in [-0.4, -0.2) is 0 Å². The highest BCUT2D eigenvalue weighted by Crippen LogP contribution is 2.26. The molecule has 1 heterocycles. The maximum Gasteiger partial charge on any atom is 0.134 e. The van der Waals surface area contributed by atoms with Crippen molar-refractivity contribution in [2.45, 2.75) is 13.2 Å². The molecule has 0 unspecified atom stereocenters. The van der Waals surface area contributed by atoms with Gasteiger partial charge in [0.15, 0.2) is 0 Å². The first-order valence-electron chi connectivity index (χ1n) is 6.34. The van der Waals surface area contributed by atoms with Gasteiger partial charge >= 0.3 is 0 Å². The van der Waals surface area contributed by atoms with Gasteiger partial charge in [0.05, 0.1) is 6.26 Å². The number of nitrogens with two attached hydrogens (primary N) is 1. The fourth-order valence-electron chi connectivity index (χ4n) is 2.20. The predicted molar refractivity (Wildman–Crippen MR) is 74.8 cm³/mol. The SMILES string of the molecule is NCc1cccc2occ(COc3ccc(F)cc3)c12. The van der Waals surface area contributed by atoms with Gasteiger partial charge in [-0.25, -0.2) is 4.39 Å². The number of benzene rings is 2. The Balaban J connectivity index is 1.86. The Morgan fingerprint density at radius 3 is 2.60 bits per heavy atom. The molecule has 3 rings (SSSR count). The monoisotopic (exact) mass is 271 g/mol. The summed E-state index contributed by atoms with van der Waals surface area (Å²) >= 11 is 0. The topological polar surface area (TPSA) is 48.4 Å². The van der Waals surface area contributed by atoms with Crippen molar-refractivity contribution in [2.75, 3.05) is 0 Å². The van der Waals surface area contributed by atoms with Crippen LogP contribution in [0, 0.1) is 5.82 Å². The Hall–Kier alpha value is -2.33. The number of hydrogen-bond donors (Lipinski definition) is 1. The van der Waals surface area contributed by atoms with Gasteiger partial charge in [0.2, 0.25) is 0 Å². The molecule has 4 heteroatoms. The Morgan fingerprint density at radius 2 is 1.85 bits per heavy atom. The predicted octanol–water partition coefficient (Wildman–Crippen LogP) is 3.61. The molecular weight excluding hydrogens is 257 g/mol. The van der Waals surface area contributed by atoms with E-state index in [9.17, 15) is 4.39 Å². The van der Waals surface area contributed by atoms with Crippen molar-refractivity contribution in [3.63, 3.8) is 0 Å². The van der Waals surface area contributed by atoms with E-state index in [1.54, 1.807) is 18.4 Å². The first-order valence-corrected chi connectivity index (χ1v) is 6.34. The van der Waals surface area contributed by atoms with E-state index in [-0.39, 0.29) is 5.82 Å². The van der Waals surface area contributed by atoms with Crippen LogP contribution in [0.2, 0.25) is 0 Å². The van der Waals surface area contributed by atoms with E-state index in [2.05, 4.69) is 0 Å². The number of halogens is 1. The van der Waals surface area contributed by atoms with Gasteiger partial charge in [-0.05, 0) is 35.9 Å². The molecule has 0 atom stereocenters. The van der Waals surface area contributed by atoms with Gasteiger partial charge < -0.3 is 14.9 Å². The molecule has 0 radical (unpaired) electrons. The van der Waals surface area contributed by atoms with E-state index >= 15 is 0 Å². The van der Waals surface area contributed by atoms with Crippen LogP contribution in [0.1, 0.15) is 11.1 Å². The van der Waals surface area contributed by atoms with Crippen molar-refractivity contribution < 1.29 is 13.5 Å². The third-order valence-corrected chi connectivity index (χ3v) is 3.19. The molecule has 0 saturated heterocycles. The van der Waals surface area contributed by atoms with E-state index in [1.165, 1.54) is 12.1 Å². The quantitative estimate of drug-likeness (QED) is 0.788. The summed E-state index contributed by atoms with van der Waals surface area (Å²) in [4.78, 5) is 0. The van der Waals surface area contributed by atoms with Crippen LogP contribution in [0.25, 0.3) is 11.0 Å². The number of rotatable bonds is 4. The fraction of sp³-hybridized carbons (Fsp3) is 0.125. The Kier molecular flexibility index (Phi) is 3.39. The van der Waals surface area contributed by atoms with Crippen molar-refractivity contribution >= 4 is 11.0 Å².